The van der Waals surface area contributed by atoms with Gasteiger partial charge < -0.3 is 20.3 Å². The Balaban J connectivity index is 1.43. The lowest BCUT2D eigenvalue weighted by molar-refractivity contribution is -0.120. The monoisotopic (exact) mass is 435 g/mol. The first kappa shape index (κ1) is 21.4. The molecule has 2 atom stereocenters. The van der Waals surface area contributed by atoms with E-state index in [0.29, 0.717) is 36.2 Å². The van der Waals surface area contributed by atoms with Crippen molar-refractivity contribution >= 4 is 23.4 Å². The van der Waals surface area contributed by atoms with Crippen molar-refractivity contribution in [2.24, 2.45) is 5.92 Å². The second kappa shape index (κ2) is 8.03. The quantitative estimate of drug-likeness (QED) is 0.689. The number of amides is 1. The number of carbonyl (C=O) groups is 1. The summed E-state index contributed by atoms with van der Waals surface area (Å²) in [6.07, 6.45) is 3.09. The summed E-state index contributed by atoms with van der Waals surface area (Å²) in [7, 11) is 3.37. The molecule has 2 aliphatic rings. The van der Waals surface area contributed by atoms with Gasteiger partial charge in [0.2, 0.25) is 17.8 Å². The zero-order chi connectivity index (χ0) is 22.3. The maximum absolute atomic E-state index is 13.0. The summed E-state index contributed by atoms with van der Waals surface area (Å²) in [6, 6.07) is -0.503. The third kappa shape index (κ3) is 4.32. The molecule has 168 valence electrons. The molecule has 2 aromatic rings. The van der Waals surface area contributed by atoms with E-state index >= 15 is 0 Å². The number of aromatic nitrogens is 4. The van der Waals surface area contributed by atoms with Gasteiger partial charge in [-0.1, -0.05) is 0 Å². The minimum Gasteiger partial charge on any atom is -0.379 e. The van der Waals surface area contributed by atoms with Crippen LogP contribution < -0.4 is 15.5 Å². The largest absolute Gasteiger partial charge is 0.379 e. The highest BCUT2D eigenvalue weighted by molar-refractivity contribution is 6.03. The minimum atomic E-state index is -2.52. The summed E-state index contributed by atoms with van der Waals surface area (Å²) in [6.45, 7) is 4.58. The standard InChI is InChI=1S/C20H27F2N7O2/c1-11-15-17(28(3)16(12(2)31-4)18(30)26-15)27-19(25-11)23-7-14-8-24-29(10-14)9-13-5-20(21,22)6-13/h8,10,12-13,16H,5-7,9H2,1-4H3,(H,26,30)(H,23,25,27)/t12?,16-/m0/s1. The van der Waals surface area contributed by atoms with E-state index in [9.17, 15) is 13.6 Å². The van der Waals surface area contributed by atoms with Crippen LogP contribution in [0.5, 0.6) is 0 Å². The smallest absolute Gasteiger partial charge is 0.249 e. The van der Waals surface area contributed by atoms with Crippen LogP contribution in [0.4, 0.5) is 26.2 Å². The molecule has 1 saturated carbocycles. The number of hydrogen-bond donors (Lipinski definition) is 2. The SMILES string of the molecule is COC(C)[C@H]1C(=O)Nc2c(C)nc(NCc3cnn(CC4CC(F)(F)C4)c3)nc2N1C. The Morgan fingerprint density at radius 1 is 1.39 bits per heavy atom. The molecule has 1 aliphatic carbocycles. The summed E-state index contributed by atoms with van der Waals surface area (Å²) in [5.74, 6) is -1.67. The van der Waals surface area contributed by atoms with Gasteiger partial charge in [0, 0.05) is 51.8 Å². The third-order valence-corrected chi connectivity index (χ3v) is 5.91. The van der Waals surface area contributed by atoms with Gasteiger partial charge in [0.25, 0.3) is 0 Å². The number of halogens is 2. The van der Waals surface area contributed by atoms with Gasteiger partial charge in [-0.2, -0.15) is 10.1 Å². The Labute approximate surface area is 179 Å². The number of likely N-dealkylation sites (N-methyl/N-ethyl adjacent to an activating group) is 1. The molecule has 3 heterocycles. The minimum absolute atomic E-state index is 0.0319. The molecule has 1 fully saturated rings. The average molecular weight is 435 g/mol. The molecule has 0 spiro atoms. The fourth-order valence-electron chi connectivity index (χ4n) is 4.16. The number of carbonyl (C=O) groups excluding carboxylic acids is 1. The zero-order valence-electron chi connectivity index (χ0n) is 18.0. The number of nitrogens with zero attached hydrogens (tertiary/aromatic N) is 5. The molecule has 1 aliphatic heterocycles. The summed E-state index contributed by atoms with van der Waals surface area (Å²) in [5.41, 5.74) is 2.14. The van der Waals surface area contributed by atoms with Crippen molar-refractivity contribution in [3.8, 4) is 0 Å². The molecule has 0 bridgehead atoms. The van der Waals surface area contributed by atoms with Crippen LogP contribution in [-0.4, -0.2) is 57.9 Å². The normalized spacial score (nSPS) is 21.3. The van der Waals surface area contributed by atoms with Crippen LogP contribution in [0.1, 0.15) is 31.0 Å². The zero-order valence-corrected chi connectivity index (χ0v) is 18.0. The second-order valence-corrected chi connectivity index (χ2v) is 8.37. The van der Waals surface area contributed by atoms with E-state index in [4.69, 9.17) is 4.74 Å². The number of anilines is 3. The van der Waals surface area contributed by atoms with Crippen molar-refractivity contribution < 1.29 is 18.3 Å². The van der Waals surface area contributed by atoms with Crippen LogP contribution >= 0.6 is 0 Å². The third-order valence-electron chi connectivity index (χ3n) is 5.91. The highest BCUT2D eigenvalue weighted by Crippen LogP contribution is 2.43. The van der Waals surface area contributed by atoms with E-state index in [-0.39, 0.29) is 30.8 Å². The summed E-state index contributed by atoms with van der Waals surface area (Å²) in [4.78, 5) is 23.3. The number of hydrogen-bond acceptors (Lipinski definition) is 7. The van der Waals surface area contributed by atoms with Crippen molar-refractivity contribution in [1.29, 1.82) is 0 Å². The number of rotatable bonds is 7. The van der Waals surface area contributed by atoms with E-state index in [1.54, 1.807) is 22.9 Å². The summed E-state index contributed by atoms with van der Waals surface area (Å²) in [5, 5.41) is 10.3. The van der Waals surface area contributed by atoms with E-state index in [1.807, 2.05) is 27.1 Å². The lowest BCUT2D eigenvalue weighted by atomic mass is 9.81. The second-order valence-electron chi connectivity index (χ2n) is 8.37. The fourth-order valence-corrected chi connectivity index (χ4v) is 4.16. The van der Waals surface area contributed by atoms with Crippen LogP contribution in [0.25, 0.3) is 0 Å². The Hall–Kier alpha value is -2.82. The topological polar surface area (TPSA) is 97.2 Å². The first-order valence-corrected chi connectivity index (χ1v) is 10.2. The lowest BCUT2D eigenvalue weighted by Gasteiger charge is -2.37. The molecule has 0 aromatic carbocycles. The fraction of sp³-hybridized carbons (Fsp3) is 0.600. The highest BCUT2D eigenvalue weighted by Gasteiger charge is 2.45. The molecule has 31 heavy (non-hydrogen) atoms. The van der Waals surface area contributed by atoms with Gasteiger partial charge in [-0.05, 0) is 19.8 Å². The maximum Gasteiger partial charge on any atom is 0.249 e. The number of methoxy groups -OCH3 is 1. The number of ether oxygens (including phenoxy) is 1. The molecular formula is C20H27F2N7O2. The molecule has 4 rings (SSSR count). The predicted octanol–water partition coefficient (Wildman–Crippen LogP) is 2.43. The number of alkyl halides is 2. The molecule has 1 amide bonds. The van der Waals surface area contributed by atoms with Crippen molar-refractivity contribution in [2.45, 2.75) is 57.8 Å². The number of aryl methyl sites for hydroxylation is 1. The first-order chi connectivity index (χ1) is 14.7. The molecule has 9 nitrogen and oxygen atoms in total. The van der Waals surface area contributed by atoms with E-state index in [1.165, 1.54) is 0 Å². The average Bonchev–Trinajstić information content (AvgIpc) is 3.13. The molecule has 0 saturated heterocycles. The van der Waals surface area contributed by atoms with Crippen LogP contribution in [0.15, 0.2) is 12.4 Å². The lowest BCUT2D eigenvalue weighted by Crippen LogP contribution is -2.53. The van der Waals surface area contributed by atoms with Gasteiger partial charge >= 0.3 is 0 Å². The Morgan fingerprint density at radius 3 is 2.81 bits per heavy atom. The molecule has 0 radical (unpaired) electrons. The van der Waals surface area contributed by atoms with Crippen LogP contribution in [0, 0.1) is 12.8 Å². The van der Waals surface area contributed by atoms with Crippen LogP contribution in [-0.2, 0) is 22.6 Å². The summed E-state index contributed by atoms with van der Waals surface area (Å²) < 4.78 is 33.1. The molecular weight excluding hydrogens is 408 g/mol. The molecule has 11 heteroatoms. The maximum atomic E-state index is 13.0. The highest BCUT2D eigenvalue weighted by atomic mass is 19.3. The van der Waals surface area contributed by atoms with E-state index in [2.05, 4.69) is 25.7 Å². The van der Waals surface area contributed by atoms with Gasteiger partial charge in [0.05, 0.1) is 18.0 Å². The Kier molecular flexibility index (Phi) is 5.54. The van der Waals surface area contributed by atoms with Gasteiger partial charge in [-0.3, -0.25) is 9.48 Å². The van der Waals surface area contributed by atoms with Crippen LogP contribution in [0.3, 0.4) is 0 Å². The predicted molar refractivity (Wildman–Crippen MR) is 111 cm³/mol. The van der Waals surface area contributed by atoms with Crippen LogP contribution in [0.2, 0.25) is 0 Å². The van der Waals surface area contributed by atoms with Gasteiger partial charge in [0.1, 0.15) is 11.7 Å². The summed E-state index contributed by atoms with van der Waals surface area (Å²) >= 11 is 0. The number of nitrogens with one attached hydrogen (secondary N) is 2. The molecule has 2 aromatic heterocycles. The molecule has 1 unspecified atom stereocenters. The van der Waals surface area contributed by atoms with Gasteiger partial charge in [-0.15, -0.1) is 0 Å². The Bertz CT molecular complexity index is 972. The molecule has 2 N–H and O–H groups in total. The van der Waals surface area contributed by atoms with Crippen molar-refractivity contribution in [2.75, 3.05) is 29.7 Å². The van der Waals surface area contributed by atoms with Crippen molar-refractivity contribution in [3.05, 3.63) is 23.7 Å². The van der Waals surface area contributed by atoms with Gasteiger partial charge in [0.15, 0.2) is 5.82 Å². The Morgan fingerprint density at radius 2 is 2.13 bits per heavy atom. The van der Waals surface area contributed by atoms with Crippen molar-refractivity contribution in [1.82, 2.24) is 19.7 Å². The van der Waals surface area contributed by atoms with E-state index in [0.717, 1.165) is 5.56 Å². The number of fused-ring (bicyclic) bond motifs is 1. The van der Waals surface area contributed by atoms with E-state index < -0.39 is 12.0 Å². The first-order valence-electron chi connectivity index (χ1n) is 10.2. The van der Waals surface area contributed by atoms with Gasteiger partial charge in [-0.25, -0.2) is 13.8 Å². The van der Waals surface area contributed by atoms with Crippen molar-refractivity contribution in [3.63, 3.8) is 0 Å².